The van der Waals surface area contributed by atoms with E-state index in [1.807, 2.05) is 0 Å². The molecule has 0 bridgehead atoms. The minimum atomic E-state index is 0. The molecule has 0 radical (unpaired) electrons. The molecule has 2 heterocycles. The average Bonchev–Trinajstić information content (AvgIpc) is 2.86. The summed E-state index contributed by atoms with van der Waals surface area (Å²) in [5.74, 6) is 1.55. The van der Waals surface area contributed by atoms with E-state index in [4.69, 9.17) is 4.99 Å². The number of unbranched alkanes of at least 4 members (excludes halogenated alkanes) is 7. The standard InChI is InChI=1S/C17H33N2.BrH/c1-2-3-4-5-6-7-8-9-14-19-15-10-12-17(19)18-13-11-16-19;/h2-16H2,1H3;1H/q+1;/p-1. The van der Waals surface area contributed by atoms with Crippen molar-refractivity contribution in [2.75, 3.05) is 26.2 Å². The van der Waals surface area contributed by atoms with Gasteiger partial charge in [-0.05, 0) is 12.8 Å². The van der Waals surface area contributed by atoms with Crippen LogP contribution in [-0.2, 0) is 0 Å². The Morgan fingerprint density at radius 1 is 0.900 bits per heavy atom. The molecule has 0 N–H and O–H groups in total. The molecule has 1 unspecified atom stereocenters. The summed E-state index contributed by atoms with van der Waals surface area (Å²) in [4.78, 5) is 4.80. The predicted octanol–water partition coefficient (Wildman–Crippen LogP) is 1.54. The number of quaternary nitrogens is 1. The fraction of sp³-hybridized carbons (Fsp3) is 0.941. The Kier molecular flexibility index (Phi) is 9.03. The lowest BCUT2D eigenvalue weighted by Gasteiger charge is -2.36. The van der Waals surface area contributed by atoms with Crippen molar-refractivity contribution >= 4 is 5.84 Å². The summed E-state index contributed by atoms with van der Waals surface area (Å²) in [5, 5.41) is 0. The lowest BCUT2D eigenvalue weighted by Crippen LogP contribution is -3.00. The van der Waals surface area contributed by atoms with Gasteiger partial charge < -0.3 is 17.0 Å². The molecule has 2 rings (SSSR count). The lowest BCUT2D eigenvalue weighted by atomic mass is 10.1. The zero-order valence-corrected chi connectivity index (χ0v) is 15.0. The third-order valence-electron chi connectivity index (χ3n) is 5.01. The summed E-state index contributed by atoms with van der Waals surface area (Å²) in [5.41, 5.74) is 0. The highest BCUT2D eigenvalue weighted by Gasteiger charge is 2.39. The van der Waals surface area contributed by atoms with Crippen LogP contribution in [0.2, 0.25) is 0 Å². The van der Waals surface area contributed by atoms with Crippen LogP contribution in [0.4, 0.5) is 0 Å². The third kappa shape index (κ3) is 5.14. The number of rotatable bonds is 9. The molecule has 2 nitrogen and oxygen atoms in total. The fourth-order valence-electron chi connectivity index (χ4n) is 3.86. The molecule has 0 spiro atoms. The maximum atomic E-state index is 4.80. The van der Waals surface area contributed by atoms with E-state index in [-0.39, 0.29) is 17.0 Å². The summed E-state index contributed by atoms with van der Waals surface area (Å²) >= 11 is 0. The van der Waals surface area contributed by atoms with Crippen LogP contribution >= 0.6 is 0 Å². The van der Waals surface area contributed by atoms with Gasteiger partial charge in [-0.3, -0.25) is 4.48 Å². The van der Waals surface area contributed by atoms with Crippen molar-refractivity contribution in [2.24, 2.45) is 4.99 Å². The van der Waals surface area contributed by atoms with Crippen LogP contribution in [0.15, 0.2) is 4.99 Å². The molecule has 1 fully saturated rings. The molecule has 0 aromatic rings. The second-order valence-corrected chi connectivity index (χ2v) is 6.55. The van der Waals surface area contributed by atoms with Gasteiger partial charge in [0.25, 0.3) is 0 Å². The maximum Gasteiger partial charge on any atom is 0.198 e. The van der Waals surface area contributed by atoms with Crippen molar-refractivity contribution in [1.82, 2.24) is 0 Å². The van der Waals surface area contributed by atoms with Crippen LogP contribution in [0.25, 0.3) is 0 Å². The van der Waals surface area contributed by atoms with Crippen molar-refractivity contribution in [3.8, 4) is 0 Å². The van der Waals surface area contributed by atoms with E-state index in [0.29, 0.717) is 0 Å². The van der Waals surface area contributed by atoms with Gasteiger partial charge in [0.2, 0.25) is 0 Å². The fourth-order valence-corrected chi connectivity index (χ4v) is 3.86. The lowest BCUT2D eigenvalue weighted by molar-refractivity contribution is -0.837. The van der Waals surface area contributed by atoms with Gasteiger partial charge in [0.15, 0.2) is 5.84 Å². The molecule has 1 atom stereocenters. The first-order valence-corrected chi connectivity index (χ1v) is 8.77. The molecular weight excluding hydrogens is 312 g/mol. The number of nitrogens with zero attached hydrogens (tertiary/aromatic N) is 2. The molecule has 0 saturated carbocycles. The molecule has 2 aliphatic heterocycles. The van der Waals surface area contributed by atoms with Crippen LogP contribution < -0.4 is 17.0 Å². The Morgan fingerprint density at radius 3 is 2.30 bits per heavy atom. The second kappa shape index (κ2) is 9.94. The Labute approximate surface area is 136 Å². The number of hydrogen-bond donors (Lipinski definition) is 0. The van der Waals surface area contributed by atoms with Gasteiger partial charge in [0.1, 0.15) is 0 Å². The Balaban J connectivity index is 0.00000200. The maximum absolute atomic E-state index is 4.80. The minimum absolute atomic E-state index is 0. The highest BCUT2D eigenvalue weighted by Crippen LogP contribution is 2.27. The van der Waals surface area contributed by atoms with Crippen molar-refractivity contribution < 1.29 is 21.5 Å². The zero-order valence-electron chi connectivity index (χ0n) is 13.4. The summed E-state index contributed by atoms with van der Waals surface area (Å²) in [6.45, 7) is 7.55. The normalized spacial score (nSPS) is 24.9. The highest BCUT2D eigenvalue weighted by molar-refractivity contribution is 5.77. The minimum Gasteiger partial charge on any atom is -1.00 e. The zero-order chi connectivity index (χ0) is 13.4. The summed E-state index contributed by atoms with van der Waals surface area (Å²) in [7, 11) is 0. The van der Waals surface area contributed by atoms with Gasteiger partial charge in [-0.25, -0.2) is 4.99 Å². The van der Waals surface area contributed by atoms with E-state index < -0.39 is 0 Å². The van der Waals surface area contributed by atoms with Gasteiger partial charge >= 0.3 is 0 Å². The highest BCUT2D eigenvalue weighted by atomic mass is 79.9. The average molecular weight is 345 g/mol. The van der Waals surface area contributed by atoms with Crippen molar-refractivity contribution in [2.45, 2.75) is 77.6 Å². The molecule has 118 valence electrons. The molecule has 0 aromatic carbocycles. The SMILES string of the molecule is CCCCCCCCCC[N+]12CCCN=C1CCC2.[Br-]. The predicted molar refractivity (Wildman–Crippen MR) is 83.6 cm³/mol. The Bertz CT molecular complexity index is 291. The molecule has 0 aromatic heterocycles. The molecule has 20 heavy (non-hydrogen) atoms. The second-order valence-electron chi connectivity index (χ2n) is 6.55. The van der Waals surface area contributed by atoms with Gasteiger partial charge in [-0.15, -0.1) is 0 Å². The van der Waals surface area contributed by atoms with Gasteiger partial charge in [0.05, 0.1) is 19.6 Å². The number of aliphatic imine (C=N–C) groups is 1. The number of hydrogen-bond acceptors (Lipinski definition) is 1. The molecule has 2 aliphatic rings. The van der Waals surface area contributed by atoms with Crippen LogP contribution in [0, 0.1) is 0 Å². The first kappa shape index (κ1) is 18.2. The molecule has 3 heteroatoms. The molecule has 0 aliphatic carbocycles. The summed E-state index contributed by atoms with van der Waals surface area (Å²) in [6, 6.07) is 0. The number of amidine groups is 1. The first-order chi connectivity index (χ1) is 9.37. The topological polar surface area (TPSA) is 12.4 Å². The monoisotopic (exact) mass is 344 g/mol. The smallest absolute Gasteiger partial charge is 0.198 e. The van der Waals surface area contributed by atoms with E-state index in [2.05, 4.69) is 6.92 Å². The van der Waals surface area contributed by atoms with E-state index in [1.54, 1.807) is 5.84 Å². The summed E-state index contributed by atoms with van der Waals surface area (Å²) < 4.78 is 1.29. The van der Waals surface area contributed by atoms with E-state index in [1.165, 1.54) is 94.7 Å². The molecule has 1 saturated heterocycles. The molecule has 0 amide bonds. The quantitative estimate of drug-likeness (QED) is 0.444. The van der Waals surface area contributed by atoms with Gasteiger partial charge in [0, 0.05) is 25.8 Å². The third-order valence-corrected chi connectivity index (χ3v) is 5.01. The van der Waals surface area contributed by atoms with E-state index >= 15 is 0 Å². The van der Waals surface area contributed by atoms with Crippen LogP contribution in [0.5, 0.6) is 0 Å². The largest absolute Gasteiger partial charge is 1.00 e. The Morgan fingerprint density at radius 2 is 1.55 bits per heavy atom. The number of halogens is 1. The summed E-state index contributed by atoms with van der Waals surface area (Å²) in [6.07, 6.45) is 15.5. The van der Waals surface area contributed by atoms with Crippen molar-refractivity contribution in [3.63, 3.8) is 0 Å². The van der Waals surface area contributed by atoms with E-state index in [0.717, 1.165) is 6.54 Å². The van der Waals surface area contributed by atoms with Crippen LogP contribution in [-0.4, -0.2) is 36.5 Å². The molecular formula is C17H33BrN2. The first-order valence-electron chi connectivity index (χ1n) is 8.77. The van der Waals surface area contributed by atoms with Crippen LogP contribution in [0.3, 0.4) is 0 Å². The van der Waals surface area contributed by atoms with Crippen LogP contribution in [0.1, 0.15) is 77.6 Å². The van der Waals surface area contributed by atoms with Crippen molar-refractivity contribution in [3.05, 3.63) is 0 Å². The Hall–Kier alpha value is 0.110. The van der Waals surface area contributed by atoms with Gasteiger partial charge in [-0.1, -0.05) is 45.4 Å². The van der Waals surface area contributed by atoms with Crippen molar-refractivity contribution in [1.29, 1.82) is 0 Å². The van der Waals surface area contributed by atoms with Gasteiger partial charge in [-0.2, -0.15) is 0 Å². The number of fused-ring (bicyclic) bond motifs is 1. The van der Waals surface area contributed by atoms with E-state index in [9.17, 15) is 0 Å².